The predicted octanol–water partition coefficient (Wildman–Crippen LogP) is 4.89. The number of rotatable bonds is 3. The summed E-state index contributed by atoms with van der Waals surface area (Å²) in [6.07, 6.45) is 0.699. The number of amides is 2. The molecule has 3 rings (SSSR count). The molecule has 3 nitrogen and oxygen atoms in total. The van der Waals surface area contributed by atoms with Crippen LogP contribution in [0.2, 0.25) is 10.0 Å². The minimum absolute atomic E-state index is 0.0681. The van der Waals surface area contributed by atoms with Crippen LogP contribution >= 0.6 is 23.2 Å². The molecule has 0 atom stereocenters. The average Bonchev–Trinajstić information content (AvgIpc) is 2.47. The molecule has 1 heterocycles. The monoisotopic (exact) mass is 334 g/mol. The Kier molecular flexibility index (Phi) is 4.27. The van der Waals surface area contributed by atoms with Crippen LogP contribution in [0.3, 0.4) is 0 Å². The molecule has 0 saturated carbocycles. The second-order valence-electron chi connectivity index (χ2n) is 5.50. The topological polar surface area (TPSA) is 32.3 Å². The van der Waals surface area contributed by atoms with Crippen LogP contribution in [0.1, 0.15) is 16.7 Å². The molecule has 0 aromatic heterocycles. The van der Waals surface area contributed by atoms with Crippen molar-refractivity contribution in [3.63, 3.8) is 0 Å². The lowest BCUT2D eigenvalue weighted by molar-refractivity contribution is 0.207. The average molecular weight is 335 g/mol. The number of fused-ring (bicyclic) bond motifs is 1. The van der Waals surface area contributed by atoms with Crippen molar-refractivity contribution in [2.45, 2.75) is 19.9 Å². The summed E-state index contributed by atoms with van der Waals surface area (Å²) in [5.41, 5.74) is 4.22. The summed E-state index contributed by atoms with van der Waals surface area (Å²) in [4.78, 5) is 14.0. The quantitative estimate of drug-likeness (QED) is 0.851. The zero-order chi connectivity index (χ0) is 15.7. The zero-order valence-electron chi connectivity index (χ0n) is 12.2. The summed E-state index contributed by atoms with van der Waals surface area (Å²) in [5.74, 6) is 0. The maximum atomic E-state index is 12.2. The van der Waals surface area contributed by atoms with E-state index < -0.39 is 0 Å². The van der Waals surface area contributed by atoms with Gasteiger partial charge in [-0.2, -0.15) is 0 Å². The number of anilines is 1. The maximum Gasteiger partial charge on any atom is 0.322 e. The van der Waals surface area contributed by atoms with Gasteiger partial charge in [-0.3, -0.25) is 0 Å². The molecule has 5 heteroatoms. The van der Waals surface area contributed by atoms with Gasteiger partial charge in [0.05, 0.1) is 0 Å². The lowest BCUT2D eigenvalue weighted by Crippen LogP contribution is -2.39. The van der Waals surface area contributed by atoms with Gasteiger partial charge in [0.2, 0.25) is 0 Å². The molecule has 22 heavy (non-hydrogen) atoms. The molecular formula is C17H16Cl2N2O. The van der Waals surface area contributed by atoms with Crippen LogP contribution < -0.4 is 5.32 Å². The number of benzene rings is 2. The molecular weight excluding hydrogens is 319 g/mol. The van der Waals surface area contributed by atoms with E-state index in [9.17, 15) is 4.79 Å². The molecule has 1 N–H and O–H groups in total. The lowest BCUT2D eigenvalue weighted by Gasteiger charge is -2.29. The Balaban J connectivity index is 1.72. The number of carbonyl (C=O) groups excluding carboxylic acids is 1. The largest absolute Gasteiger partial charge is 0.322 e. The van der Waals surface area contributed by atoms with E-state index in [-0.39, 0.29) is 6.03 Å². The highest BCUT2D eigenvalue weighted by molar-refractivity contribution is 6.35. The van der Waals surface area contributed by atoms with Crippen LogP contribution in [-0.2, 0) is 13.0 Å². The first-order valence-corrected chi connectivity index (χ1v) is 7.88. The van der Waals surface area contributed by atoms with Gasteiger partial charge in [0.25, 0.3) is 0 Å². The summed E-state index contributed by atoms with van der Waals surface area (Å²) >= 11 is 12.1. The fourth-order valence-electron chi connectivity index (χ4n) is 2.61. The van der Waals surface area contributed by atoms with E-state index >= 15 is 0 Å². The zero-order valence-corrected chi connectivity index (χ0v) is 13.7. The standard InChI is InChI=1S/C17H16Cl2N2O/c1-11-2-5-16-13(8-11)10-21(17(22)20-16)7-6-12-3-4-14(18)9-15(12)19/h2-5,8-9H,6-7,10H2,1H3,(H,20,22). The van der Waals surface area contributed by atoms with E-state index in [0.29, 0.717) is 29.6 Å². The Bertz CT molecular complexity index is 731. The Morgan fingerprint density at radius 3 is 2.77 bits per heavy atom. The highest BCUT2D eigenvalue weighted by Crippen LogP contribution is 2.26. The van der Waals surface area contributed by atoms with Crippen molar-refractivity contribution in [1.82, 2.24) is 4.90 Å². The van der Waals surface area contributed by atoms with Crippen LogP contribution in [-0.4, -0.2) is 17.5 Å². The second kappa shape index (κ2) is 6.19. The number of hydrogen-bond acceptors (Lipinski definition) is 1. The minimum Gasteiger partial charge on any atom is -0.320 e. The van der Waals surface area contributed by atoms with E-state index in [4.69, 9.17) is 23.2 Å². The smallest absolute Gasteiger partial charge is 0.320 e. The third-order valence-corrected chi connectivity index (χ3v) is 4.40. The molecule has 114 valence electrons. The van der Waals surface area contributed by atoms with Crippen molar-refractivity contribution < 1.29 is 4.79 Å². The minimum atomic E-state index is -0.0681. The van der Waals surface area contributed by atoms with Gasteiger partial charge in [-0.15, -0.1) is 0 Å². The second-order valence-corrected chi connectivity index (χ2v) is 6.34. The molecule has 0 radical (unpaired) electrons. The van der Waals surface area contributed by atoms with Crippen molar-refractivity contribution in [2.24, 2.45) is 0 Å². The normalized spacial score (nSPS) is 13.8. The molecule has 2 amide bonds. The molecule has 0 spiro atoms. The fourth-order valence-corrected chi connectivity index (χ4v) is 3.11. The number of carbonyl (C=O) groups is 1. The Morgan fingerprint density at radius 2 is 2.00 bits per heavy atom. The molecule has 0 unspecified atom stereocenters. The number of halogens is 2. The molecule has 2 aromatic carbocycles. The Labute approximate surface area is 139 Å². The number of urea groups is 1. The SMILES string of the molecule is Cc1ccc2c(c1)CN(CCc1ccc(Cl)cc1Cl)C(=O)N2. The first kappa shape index (κ1) is 15.2. The maximum absolute atomic E-state index is 12.2. The van der Waals surface area contributed by atoms with Crippen LogP contribution in [0.5, 0.6) is 0 Å². The number of aryl methyl sites for hydroxylation is 1. The first-order valence-electron chi connectivity index (χ1n) is 7.12. The molecule has 0 fully saturated rings. The summed E-state index contributed by atoms with van der Waals surface area (Å²) in [6, 6.07) is 11.5. The van der Waals surface area contributed by atoms with Crippen LogP contribution in [0, 0.1) is 6.92 Å². The van der Waals surface area contributed by atoms with Gasteiger partial charge < -0.3 is 10.2 Å². The van der Waals surface area contributed by atoms with E-state index in [0.717, 1.165) is 16.8 Å². The summed E-state index contributed by atoms with van der Waals surface area (Å²) in [7, 11) is 0. The fraction of sp³-hybridized carbons (Fsp3) is 0.235. The van der Waals surface area contributed by atoms with Crippen molar-refractivity contribution >= 4 is 34.9 Å². The number of nitrogens with zero attached hydrogens (tertiary/aromatic N) is 1. The molecule has 1 aliphatic heterocycles. The van der Waals surface area contributed by atoms with E-state index in [1.165, 1.54) is 5.56 Å². The third-order valence-electron chi connectivity index (χ3n) is 3.82. The molecule has 2 aromatic rings. The van der Waals surface area contributed by atoms with Crippen molar-refractivity contribution in [1.29, 1.82) is 0 Å². The van der Waals surface area contributed by atoms with Crippen LogP contribution in [0.25, 0.3) is 0 Å². The van der Waals surface area contributed by atoms with Gasteiger partial charge in [0, 0.05) is 28.8 Å². The van der Waals surface area contributed by atoms with Gasteiger partial charge in [-0.1, -0.05) is 47.0 Å². The molecule has 1 aliphatic rings. The van der Waals surface area contributed by atoms with Crippen molar-refractivity contribution in [2.75, 3.05) is 11.9 Å². The van der Waals surface area contributed by atoms with Gasteiger partial charge >= 0.3 is 6.03 Å². The van der Waals surface area contributed by atoms with Crippen molar-refractivity contribution in [3.8, 4) is 0 Å². The Hall–Kier alpha value is -1.71. The summed E-state index contributed by atoms with van der Waals surface area (Å²) in [6.45, 7) is 3.28. The highest BCUT2D eigenvalue weighted by atomic mass is 35.5. The van der Waals surface area contributed by atoms with Gasteiger partial charge in [-0.25, -0.2) is 4.79 Å². The van der Waals surface area contributed by atoms with Crippen LogP contribution in [0.4, 0.5) is 10.5 Å². The Morgan fingerprint density at radius 1 is 1.18 bits per heavy atom. The van der Waals surface area contributed by atoms with E-state index in [1.54, 1.807) is 11.0 Å². The number of hydrogen-bond donors (Lipinski definition) is 1. The van der Waals surface area contributed by atoms with Crippen LogP contribution in [0.15, 0.2) is 36.4 Å². The van der Waals surface area contributed by atoms with Gasteiger partial charge in [0.1, 0.15) is 0 Å². The molecule has 0 aliphatic carbocycles. The summed E-state index contributed by atoms with van der Waals surface area (Å²) in [5, 5.41) is 4.19. The van der Waals surface area contributed by atoms with E-state index in [1.807, 2.05) is 24.3 Å². The molecule has 0 bridgehead atoms. The highest BCUT2D eigenvalue weighted by Gasteiger charge is 2.22. The van der Waals surface area contributed by atoms with E-state index in [2.05, 4.69) is 18.3 Å². The van der Waals surface area contributed by atoms with Gasteiger partial charge in [-0.05, 0) is 42.7 Å². The predicted molar refractivity (Wildman–Crippen MR) is 90.8 cm³/mol. The number of nitrogens with one attached hydrogen (secondary N) is 1. The molecule has 0 saturated heterocycles. The van der Waals surface area contributed by atoms with Gasteiger partial charge in [0.15, 0.2) is 0 Å². The lowest BCUT2D eigenvalue weighted by atomic mass is 10.1. The van der Waals surface area contributed by atoms with Crippen molar-refractivity contribution in [3.05, 3.63) is 63.1 Å². The third kappa shape index (κ3) is 3.21. The summed E-state index contributed by atoms with van der Waals surface area (Å²) < 4.78 is 0. The first-order chi connectivity index (χ1) is 10.5.